The molecule has 10 heteroatoms. The standard InChI is InChI=1S/C19H30N4O5S/c1-12(2)20-19(25)21-14-7-8-16-15(9-14)18(24)22(4)10-13(3)17(28-16)11-23(5)29(6,26)27/h7-9,12-13,17H,10-11H2,1-6H3,(H2,20,21,25)/t13-,17-/m0/s1. The Kier molecular flexibility index (Phi) is 7.12. The highest BCUT2D eigenvalue weighted by Gasteiger charge is 2.31. The molecule has 1 aromatic rings. The highest BCUT2D eigenvalue weighted by Crippen LogP contribution is 2.29. The molecule has 0 saturated heterocycles. The maximum Gasteiger partial charge on any atom is 0.319 e. The molecule has 9 nitrogen and oxygen atoms in total. The zero-order chi connectivity index (χ0) is 21.9. The van der Waals surface area contributed by atoms with Crippen LogP contribution in [0.15, 0.2) is 18.2 Å². The van der Waals surface area contributed by atoms with Crippen LogP contribution in [0.2, 0.25) is 0 Å². The normalized spacial score (nSPS) is 20.0. The molecule has 0 radical (unpaired) electrons. The molecular weight excluding hydrogens is 396 g/mol. The minimum Gasteiger partial charge on any atom is -0.488 e. The van der Waals surface area contributed by atoms with Crippen LogP contribution >= 0.6 is 0 Å². The van der Waals surface area contributed by atoms with Crippen molar-refractivity contribution in [3.05, 3.63) is 23.8 Å². The van der Waals surface area contributed by atoms with E-state index in [-0.39, 0.29) is 30.4 Å². The molecule has 1 aliphatic rings. The number of carbonyl (C=O) groups excluding carboxylic acids is 2. The first-order chi connectivity index (χ1) is 13.4. The van der Waals surface area contributed by atoms with Crippen LogP contribution in [0, 0.1) is 5.92 Å². The van der Waals surface area contributed by atoms with E-state index in [0.29, 0.717) is 23.5 Å². The van der Waals surface area contributed by atoms with Crippen molar-refractivity contribution in [3.8, 4) is 5.75 Å². The lowest BCUT2D eigenvalue weighted by molar-refractivity contribution is 0.0605. The first-order valence-corrected chi connectivity index (χ1v) is 11.3. The molecule has 2 rings (SSSR count). The van der Waals surface area contributed by atoms with Crippen molar-refractivity contribution in [2.75, 3.05) is 38.8 Å². The van der Waals surface area contributed by atoms with Crippen LogP contribution in [-0.2, 0) is 10.0 Å². The molecule has 29 heavy (non-hydrogen) atoms. The molecule has 1 aromatic carbocycles. The molecule has 1 heterocycles. The molecule has 0 bridgehead atoms. The molecule has 1 aliphatic heterocycles. The summed E-state index contributed by atoms with van der Waals surface area (Å²) in [7, 11) is -0.169. The van der Waals surface area contributed by atoms with E-state index < -0.39 is 16.1 Å². The molecule has 0 fully saturated rings. The van der Waals surface area contributed by atoms with Gasteiger partial charge >= 0.3 is 6.03 Å². The van der Waals surface area contributed by atoms with Gasteiger partial charge in [-0.05, 0) is 32.0 Å². The van der Waals surface area contributed by atoms with Gasteiger partial charge in [0.1, 0.15) is 11.9 Å². The van der Waals surface area contributed by atoms with Crippen molar-refractivity contribution < 1.29 is 22.7 Å². The van der Waals surface area contributed by atoms with Crippen molar-refractivity contribution in [1.82, 2.24) is 14.5 Å². The summed E-state index contributed by atoms with van der Waals surface area (Å²) in [5.41, 5.74) is 0.777. The average molecular weight is 427 g/mol. The Labute approximate surface area is 172 Å². The second-order valence-corrected chi connectivity index (χ2v) is 9.92. The van der Waals surface area contributed by atoms with Gasteiger partial charge in [0.25, 0.3) is 5.91 Å². The van der Waals surface area contributed by atoms with Gasteiger partial charge < -0.3 is 20.3 Å². The number of benzene rings is 1. The minimum atomic E-state index is -3.36. The average Bonchev–Trinajstić information content (AvgIpc) is 2.59. The predicted octanol–water partition coefficient (Wildman–Crippen LogP) is 1.58. The fourth-order valence-corrected chi connectivity index (χ4v) is 3.45. The van der Waals surface area contributed by atoms with Gasteiger partial charge in [-0.3, -0.25) is 4.79 Å². The number of fused-ring (bicyclic) bond motifs is 1. The van der Waals surface area contributed by atoms with E-state index in [1.165, 1.54) is 11.4 Å². The van der Waals surface area contributed by atoms with Crippen LogP contribution in [0.1, 0.15) is 31.1 Å². The molecule has 0 saturated carbocycles. The molecule has 0 aliphatic carbocycles. The van der Waals surface area contributed by atoms with Crippen molar-refractivity contribution in [2.45, 2.75) is 32.9 Å². The SMILES string of the molecule is CC(C)NC(=O)Nc1ccc2c(c1)C(=O)N(C)C[C@H](C)[C@H](CN(C)S(C)(=O)=O)O2. The van der Waals surface area contributed by atoms with Crippen LogP contribution in [0.25, 0.3) is 0 Å². The molecule has 0 spiro atoms. The van der Waals surface area contributed by atoms with Gasteiger partial charge in [0.2, 0.25) is 10.0 Å². The fourth-order valence-electron chi connectivity index (χ4n) is 3.03. The Bertz CT molecular complexity index is 871. The van der Waals surface area contributed by atoms with E-state index in [4.69, 9.17) is 4.74 Å². The smallest absolute Gasteiger partial charge is 0.319 e. The summed E-state index contributed by atoms with van der Waals surface area (Å²) in [6, 6.07) is 4.45. The number of nitrogens with one attached hydrogen (secondary N) is 2. The Morgan fingerprint density at radius 3 is 2.62 bits per heavy atom. The third-order valence-electron chi connectivity index (χ3n) is 4.71. The topological polar surface area (TPSA) is 108 Å². The number of carbonyl (C=O) groups is 2. The molecule has 2 atom stereocenters. The van der Waals surface area contributed by atoms with Crippen LogP contribution in [0.3, 0.4) is 0 Å². The maximum absolute atomic E-state index is 12.9. The van der Waals surface area contributed by atoms with Crippen LogP contribution in [-0.4, -0.2) is 75.1 Å². The van der Waals surface area contributed by atoms with Gasteiger partial charge in [-0.1, -0.05) is 6.92 Å². The molecule has 0 aromatic heterocycles. The summed E-state index contributed by atoms with van der Waals surface area (Å²) >= 11 is 0. The second-order valence-electron chi connectivity index (χ2n) is 7.83. The van der Waals surface area contributed by atoms with Gasteiger partial charge in [-0.2, -0.15) is 0 Å². The summed E-state index contributed by atoms with van der Waals surface area (Å²) < 4.78 is 30.9. The van der Waals surface area contributed by atoms with E-state index >= 15 is 0 Å². The number of hydrogen-bond donors (Lipinski definition) is 2. The molecule has 162 valence electrons. The number of hydrogen-bond acceptors (Lipinski definition) is 5. The van der Waals surface area contributed by atoms with Gasteiger partial charge in [0.05, 0.1) is 18.4 Å². The van der Waals surface area contributed by atoms with E-state index in [1.807, 2.05) is 20.8 Å². The lowest BCUT2D eigenvalue weighted by atomic mass is 10.0. The molecule has 0 unspecified atom stereocenters. The summed E-state index contributed by atoms with van der Waals surface area (Å²) in [6.45, 7) is 6.19. The van der Waals surface area contributed by atoms with Crippen molar-refractivity contribution in [3.63, 3.8) is 0 Å². The zero-order valence-electron chi connectivity index (χ0n) is 17.7. The number of amides is 3. The number of rotatable bonds is 5. The zero-order valence-corrected chi connectivity index (χ0v) is 18.5. The number of likely N-dealkylation sites (N-methyl/N-ethyl adjacent to an activating group) is 1. The van der Waals surface area contributed by atoms with Gasteiger partial charge in [0.15, 0.2) is 0 Å². The van der Waals surface area contributed by atoms with Gasteiger partial charge in [-0.15, -0.1) is 0 Å². The van der Waals surface area contributed by atoms with Crippen molar-refractivity contribution >= 4 is 27.6 Å². The number of nitrogens with zero attached hydrogens (tertiary/aromatic N) is 2. The number of anilines is 1. The number of urea groups is 1. The Hall–Kier alpha value is -2.33. The Morgan fingerprint density at radius 2 is 2.03 bits per heavy atom. The maximum atomic E-state index is 12.9. The van der Waals surface area contributed by atoms with E-state index in [0.717, 1.165) is 6.26 Å². The summed E-state index contributed by atoms with van der Waals surface area (Å²) in [6.07, 6.45) is 0.705. The predicted molar refractivity (Wildman–Crippen MR) is 112 cm³/mol. The largest absolute Gasteiger partial charge is 0.488 e. The van der Waals surface area contributed by atoms with Crippen LogP contribution < -0.4 is 15.4 Å². The third-order valence-corrected chi connectivity index (χ3v) is 5.99. The lowest BCUT2D eigenvalue weighted by Gasteiger charge is -2.34. The molecule has 3 amide bonds. The summed E-state index contributed by atoms with van der Waals surface area (Å²) in [5.74, 6) is 0.0423. The highest BCUT2D eigenvalue weighted by atomic mass is 32.2. The minimum absolute atomic E-state index is 0.0236. The lowest BCUT2D eigenvalue weighted by Crippen LogP contribution is -2.46. The van der Waals surface area contributed by atoms with Crippen LogP contribution in [0.4, 0.5) is 10.5 Å². The van der Waals surface area contributed by atoms with Crippen molar-refractivity contribution in [1.29, 1.82) is 0 Å². The van der Waals surface area contributed by atoms with Crippen molar-refractivity contribution in [2.24, 2.45) is 5.92 Å². The fraction of sp³-hybridized carbons (Fsp3) is 0.579. The van der Waals surface area contributed by atoms with Crippen LogP contribution in [0.5, 0.6) is 5.75 Å². The molecule has 2 N–H and O–H groups in total. The van der Waals surface area contributed by atoms with Gasteiger partial charge in [-0.25, -0.2) is 17.5 Å². The van der Waals surface area contributed by atoms with E-state index in [1.54, 1.807) is 30.1 Å². The first-order valence-electron chi connectivity index (χ1n) is 9.43. The van der Waals surface area contributed by atoms with E-state index in [2.05, 4.69) is 10.6 Å². The first kappa shape index (κ1) is 23.0. The van der Waals surface area contributed by atoms with Gasteiger partial charge in [0, 0.05) is 38.3 Å². The Balaban J connectivity index is 2.32. The monoisotopic (exact) mass is 426 g/mol. The van der Waals surface area contributed by atoms with E-state index in [9.17, 15) is 18.0 Å². The Morgan fingerprint density at radius 1 is 1.38 bits per heavy atom. The summed E-state index contributed by atoms with van der Waals surface area (Å²) in [4.78, 5) is 26.4. The third kappa shape index (κ3) is 6.07. The summed E-state index contributed by atoms with van der Waals surface area (Å²) in [5, 5.41) is 5.43. The number of sulfonamides is 1. The quantitative estimate of drug-likeness (QED) is 0.743. The molecular formula is C19H30N4O5S. The second kappa shape index (κ2) is 9.00. The highest BCUT2D eigenvalue weighted by molar-refractivity contribution is 7.88. The number of ether oxygens (including phenoxy) is 1.